The highest BCUT2D eigenvalue weighted by Crippen LogP contribution is 2.17. The number of aromatic nitrogens is 1. The molecular formula is C13H16ClN5O7S2. The fraction of sp³-hybridized carbons (Fsp3) is 0.462. The Morgan fingerprint density at radius 2 is 2.18 bits per heavy atom. The number of rotatable bonds is 9. The Hall–Kier alpha value is -2.29. The summed E-state index contributed by atoms with van der Waals surface area (Å²) in [4.78, 5) is 44.2. The number of thiazole rings is 1. The van der Waals surface area contributed by atoms with Crippen molar-refractivity contribution in [3.8, 4) is 0 Å². The fourth-order valence-corrected chi connectivity index (χ4v) is 3.21. The molecule has 1 aromatic rings. The van der Waals surface area contributed by atoms with Crippen LogP contribution >= 0.6 is 22.9 Å². The molecule has 1 aliphatic rings. The van der Waals surface area contributed by atoms with Gasteiger partial charge in [0.05, 0.1) is 18.9 Å². The third-order valence-corrected chi connectivity index (χ3v) is 4.84. The molecule has 28 heavy (non-hydrogen) atoms. The molecule has 15 heteroatoms. The van der Waals surface area contributed by atoms with E-state index in [0.29, 0.717) is 0 Å². The summed E-state index contributed by atoms with van der Waals surface area (Å²) in [7, 11) is -2.49. The fourth-order valence-electron chi connectivity index (χ4n) is 2.04. The van der Waals surface area contributed by atoms with Crippen molar-refractivity contribution in [3.05, 3.63) is 11.1 Å². The predicted molar refractivity (Wildman–Crippen MR) is 99.7 cm³/mol. The van der Waals surface area contributed by atoms with Crippen LogP contribution in [-0.2, 0) is 33.5 Å². The molecule has 0 aliphatic carbocycles. The van der Waals surface area contributed by atoms with E-state index in [0.717, 1.165) is 17.6 Å². The average molecular weight is 454 g/mol. The van der Waals surface area contributed by atoms with E-state index in [-0.39, 0.29) is 29.0 Å². The van der Waals surface area contributed by atoms with E-state index < -0.39 is 39.9 Å². The summed E-state index contributed by atoms with van der Waals surface area (Å²) >= 11 is 6.43. The SMILES string of the molecule is CON=C(C(=O)NC1C(=O)NC1COS(C)(=O)=O)c1csc(NC(=O)CCl)n1. The molecule has 3 N–H and O–H groups in total. The van der Waals surface area contributed by atoms with E-state index in [4.69, 9.17) is 11.6 Å². The van der Waals surface area contributed by atoms with Crippen molar-refractivity contribution in [2.45, 2.75) is 12.1 Å². The zero-order chi connectivity index (χ0) is 20.9. The number of β-lactam (4-membered cyclic amide) rings is 1. The highest BCUT2D eigenvalue weighted by Gasteiger charge is 2.42. The van der Waals surface area contributed by atoms with Crippen LogP contribution in [0, 0.1) is 0 Å². The van der Waals surface area contributed by atoms with Crippen LogP contribution in [0.1, 0.15) is 5.69 Å². The van der Waals surface area contributed by atoms with Gasteiger partial charge in [0.15, 0.2) is 10.8 Å². The first-order chi connectivity index (χ1) is 13.1. The van der Waals surface area contributed by atoms with Crippen LogP contribution in [0.5, 0.6) is 0 Å². The van der Waals surface area contributed by atoms with Gasteiger partial charge in [-0.2, -0.15) is 8.42 Å². The molecule has 0 spiro atoms. The summed E-state index contributed by atoms with van der Waals surface area (Å²) in [5, 5.41) is 12.5. The molecular weight excluding hydrogens is 438 g/mol. The molecule has 0 saturated carbocycles. The molecule has 3 amide bonds. The van der Waals surface area contributed by atoms with Gasteiger partial charge in [-0.05, 0) is 0 Å². The van der Waals surface area contributed by atoms with E-state index in [9.17, 15) is 22.8 Å². The van der Waals surface area contributed by atoms with Gasteiger partial charge >= 0.3 is 0 Å². The summed E-state index contributed by atoms with van der Waals surface area (Å²) < 4.78 is 26.8. The molecule has 12 nitrogen and oxygen atoms in total. The molecule has 1 aliphatic heterocycles. The van der Waals surface area contributed by atoms with Crippen LogP contribution in [0.15, 0.2) is 10.5 Å². The second-order valence-corrected chi connectivity index (χ2v) is 8.17. The van der Waals surface area contributed by atoms with Crippen molar-refractivity contribution in [2.75, 3.05) is 31.2 Å². The molecule has 2 atom stereocenters. The lowest BCUT2D eigenvalue weighted by atomic mass is 9.99. The van der Waals surface area contributed by atoms with Crippen molar-refractivity contribution >= 4 is 61.6 Å². The Morgan fingerprint density at radius 1 is 1.46 bits per heavy atom. The van der Waals surface area contributed by atoms with E-state index in [1.807, 2.05) is 0 Å². The number of amides is 3. The minimum absolute atomic E-state index is 0.0953. The average Bonchev–Trinajstić information content (AvgIpc) is 3.07. The van der Waals surface area contributed by atoms with Gasteiger partial charge in [0.2, 0.25) is 11.8 Å². The summed E-state index contributed by atoms with van der Waals surface area (Å²) in [6.45, 7) is -0.336. The van der Waals surface area contributed by atoms with E-state index in [2.05, 4.69) is 35.1 Å². The Bertz CT molecular complexity index is 901. The van der Waals surface area contributed by atoms with Crippen molar-refractivity contribution < 1.29 is 31.8 Å². The highest BCUT2D eigenvalue weighted by molar-refractivity contribution is 7.85. The smallest absolute Gasteiger partial charge is 0.276 e. The van der Waals surface area contributed by atoms with Crippen molar-refractivity contribution in [1.82, 2.24) is 15.6 Å². The van der Waals surface area contributed by atoms with Crippen LogP contribution in [0.4, 0.5) is 5.13 Å². The third-order valence-electron chi connectivity index (χ3n) is 3.27. The molecule has 0 bridgehead atoms. The molecule has 2 heterocycles. The van der Waals surface area contributed by atoms with Gasteiger partial charge in [-0.15, -0.1) is 22.9 Å². The molecule has 2 rings (SSSR count). The maximum atomic E-state index is 12.5. The summed E-state index contributed by atoms with van der Waals surface area (Å²) in [5.74, 6) is -2.04. The molecule has 0 aromatic carbocycles. The molecule has 2 unspecified atom stereocenters. The largest absolute Gasteiger partial charge is 0.398 e. The number of carbonyl (C=O) groups is 3. The number of alkyl halides is 1. The number of hydrogen-bond donors (Lipinski definition) is 3. The Balaban J connectivity index is 2.08. The topological polar surface area (TPSA) is 165 Å². The number of carbonyl (C=O) groups excluding carboxylic acids is 3. The summed E-state index contributed by atoms with van der Waals surface area (Å²) in [6.07, 6.45) is 0.868. The van der Waals surface area contributed by atoms with E-state index >= 15 is 0 Å². The van der Waals surface area contributed by atoms with E-state index in [1.165, 1.54) is 12.5 Å². The van der Waals surface area contributed by atoms with Gasteiger partial charge in [-0.1, -0.05) is 5.16 Å². The van der Waals surface area contributed by atoms with Gasteiger partial charge in [0, 0.05) is 5.38 Å². The third kappa shape index (κ3) is 5.85. The lowest BCUT2D eigenvalue weighted by Gasteiger charge is -2.36. The van der Waals surface area contributed by atoms with Crippen LogP contribution in [0.2, 0.25) is 0 Å². The number of nitrogens with zero attached hydrogens (tertiary/aromatic N) is 2. The lowest BCUT2D eigenvalue weighted by Crippen LogP contribution is -2.71. The first-order valence-electron chi connectivity index (χ1n) is 7.53. The first kappa shape index (κ1) is 22.0. The van der Waals surface area contributed by atoms with Gasteiger partial charge in [0.25, 0.3) is 16.0 Å². The molecule has 0 radical (unpaired) electrons. The molecule has 1 saturated heterocycles. The van der Waals surface area contributed by atoms with Gasteiger partial charge in [0.1, 0.15) is 24.7 Å². The number of anilines is 1. The first-order valence-corrected chi connectivity index (χ1v) is 10.8. The van der Waals surface area contributed by atoms with Crippen LogP contribution < -0.4 is 16.0 Å². The molecule has 1 fully saturated rings. The maximum Gasteiger partial charge on any atom is 0.276 e. The van der Waals surface area contributed by atoms with Crippen LogP contribution in [0.3, 0.4) is 0 Å². The normalized spacial score (nSPS) is 19.4. The van der Waals surface area contributed by atoms with Gasteiger partial charge in [-0.25, -0.2) is 4.98 Å². The zero-order valence-corrected chi connectivity index (χ0v) is 17.0. The Kier molecular flexibility index (Phi) is 7.29. The van der Waals surface area contributed by atoms with E-state index in [1.54, 1.807) is 0 Å². The quantitative estimate of drug-likeness (QED) is 0.135. The van der Waals surface area contributed by atoms with Crippen LogP contribution in [0.25, 0.3) is 0 Å². The monoisotopic (exact) mass is 453 g/mol. The minimum Gasteiger partial charge on any atom is -0.398 e. The van der Waals surface area contributed by atoms with Gasteiger partial charge < -0.3 is 20.8 Å². The van der Waals surface area contributed by atoms with Crippen molar-refractivity contribution in [2.24, 2.45) is 5.16 Å². The Labute approximate surface area is 168 Å². The number of halogens is 1. The molecule has 1 aromatic heterocycles. The second-order valence-electron chi connectivity index (χ2n) is 5.40. The lowest BCUT2D eigenvalue weighted by molar-refractivity contribution is -0.135. The van der Waals surface area contributed by atoms with Gasteiger partial charge in [-0.3, -0.25) is 18.6 Å². The Morgan fingerprint density at radius 3 is 2.75 bits per heavy atom. The number of nitrogens with one attached hydrogen (secondary N) is 3. The maximum absolute atomic E-state index is 12.5. The standard InChI is InChI=1S/C13H16ClN5O7S2/c1-25-19-10(7-5-27-13(16-7)17-8(20)3-14)12(22)18-9-6(15-11(9)21)4-26-28(2,23)24/h5-6,9H,3-4H2,1-2H3,(H,15,21)(H,18,22)(H,16,17,20). The number of oxime groups is 1. The summed E-state index contributed by atoms with van der Waals surface area (Å²) in [5.41, 5.74) is -0.148. The number of hydrogen-bond acceptors (Lipinski definition) is 10. The predicted octanol–water partition coefficient (Wildman–Crippen LogP) is -1.37. The minimum atomic E-state index is -3.70. The highest BCUT2D eigenvalue weighted by atomic mass is 35.5. The summed E-state index contributed by atoms with van der Waals surface area (Å²) in [6, 6.07) is -1.76. The van der Waals surface area contributed by atoms with Crippen LogP contribution in [-0.4, -0.2) is 74.8 Å². The molecule has 154 valence electrons. The van der Waals surface area contributed by atoms with Crippen molar-refractivity contribution in [3.63, 3.8) is 0 Å². The second kappa shape index (κ2) is 9.27. The zero-order valence-electron chi connectivity index (χ0n) is 14.6. The van der Waals surface area contributed by atoms with Crippen molar-refractivity contribution in [1.29, 1.82) is 0 Å².